The van der Waals surface area contributed by atoms with Crippen molar-refractivity contribution in [1.29, 1.82) is 0 Å². The van der Waals surface area contributed by atoms with Gasteiger partial charge in [0.05, 0.1) is 6.61 Å². The topological polar surface area (TPSA) is 49.8 Å². The lowest BCUT2D eigenvalue weighted by molar-refractivity contribution is -0.157. The van der Waals surface area contributed by atoms with Gasteiger partial charge in [0.2, 0.25) is 0 Å². The lowest BCUT2D eigenvalue weighted by atomic mass is 10.1. The molecule has 6 heteroatoms. The summed E-state index contributed by atoms with van der Waals surface area (Å²) in [6, 6.07) is 3.54. The van der Waals surface area contributed by atoms with Crippen molar-refractivity contribution in [3.05, 3.63) is 35.4 Å². The molecule has 0 amide bonds. The third kappa shape index (κ3) is 3.08. The van der Waals surface area contributed by atoms with Gasteiger partial charge in [-0.2, -0.15) is 0 Å². The molecule has 2 rings (SSSR count). The molecule has 0 spiro atoms. The van der Waals surface area contributed by atoms with E-state index in [-0.39, 0.29) is 12.6 Å². The van der Waals surface area contributed by atoms with Crippen molar-refractivity contribution in [2.45, 2.75) is 19.1 Å². The number of carbonyl (C=O) groups is 1. The molecule has 1 N–H and O–H groups in total. The molecule has 19 heavy (non-hydrogen) atoms. The number of nitrogens with zero attached hydrogens (tertiary/aromatic N) is 1. The van der Waals surface area contributed by atoms with Gasteiger partial charge >= 0.3 is 5.97 Å². The second-order valence-electron chi connectivity index (χ2n) is 4.54. The Balaban J connectivity index is 2.12. The molecule has 0 saturated carbocycles. The van der Waals surface area contributed by atoms with Gasteiger partial charge in [-0.05, 0) is 24.6 Å². The summed E-state index contributed by atoms with van der Waals surface area (Å²) < 4.78 is 31.2. The molecule has 1 aromatic rings. The van der Waals surface area contributed by atoms with Gasteiger partial charge in [0.15, 0.2) is 17.7 Å². The van der Waals surface area contributed by atoms with Crippen molar-refractivity contribution in [1.82, 2.24) is 4.90 Å². The fourth-order valence-corrected chi connectivity index (χ4v) is 2.15. The van der Waals surface area contributed by atoms with Gasteiger partial charge in [-0.25, -0.2) is 13.6 Å². The molecule has 1 fully saturated rings. The molecule has 104 valence electrons. The smallest absolute Gasteiger partial charge is 0.334 e. The highest BCUT2D eigenvalue weighted by molar-refractivity contribution is 5.72. The molecule has 1 saturated heterocycles. The first-order valence-electron chi connectivity index (χ1n) is 6.02. The number of morpholine rings is 1. The number of halogens is 2. The maximum atomic E-state index is 13.2. The first-order valence-corrected chi connectivity index (χ1v) is 6.02. The fourth-order valence-electron chi connectivity index (χ4n) is 2.15. The minimum absolute atomic E-state index is 0.194. The Morgan fingerprint density at radius 3 is 2.84 bits per heavy atom. The van der Waals surface area contributed by atoms with Gasteiger partial charge < -0.3 is 9.84 Å². The van der Waals surface area contributed by atoms with Crippen LogP contribution in [-0.2, 0) is 9.53 Å². The Bertz CT molecular complexity index is 481. The minimum Gasteiger partial charge on any atom is -0.479 e. The molecule has 2 atom stereocenters. The predicted molar refractivity (Wildman–Crippen MR) is 63.7 cm³/mol. The van der Waals surface area contributed by atoms with E-state index < -0.39 is 23.7 Å². The maximum absolute atomic E-state index is 13.2. The second-order valence-corrected chi connectivity index (χ2v) is 4.54. The molecular formula is C13H15F2NO3. The first-order chi connectivity index (χ1) is 8.99. The Labute approximate surface area is 109 Å². The Kier molecular flexibility index (Phi) is 4.11. The van der Waals surface area contributed by atoms with E-state index >= 15 is 0 Å². The van der Waals surface area contributed by atoms with Crippen LogP contribution in [0.1, 0.15) is 18.5 Å². The third-order valence-electron chi connectivity index (χ3n) is 3.35. The van der Waals surface area contributed by atoms with Gasteiger partial charge in [0.1, 0.15) is 0 Å². The Hall–Kier alpha value is -1.53. The number of ether oxygens (including phenoxy) is 1. The van der Waals surface area contributed by atoms with Crippen LogP contribution in [0.5, 0.6) is 0 Å². The van der Waals surface area contributed by atoms with Crippen LogP contribution in [0.2, 0.25) is 0 Å². The zero-order valence-electron chi connectivity index (χ0n) is 10.5. The average Bonchev–Trinajstić information content (AvgIpc) is 2.41. The molecule has 1 aromatic carbocycles. The molecule has 0 bridgehead atoms. The van der Waals surface area contributed by atoms with Crippen LogP contribution in [0.3, 0.4) is 0 Å². The van der Waals surface area contributed by atoms with Crippen LogP contribution < -0.4 is 0 Å². The van der Waals surface area contributed by atoms with Crippen molar-refractivity contribution in [2.24, 2.45) is 0 Å². The van der Waals surface area contributed by atoms with Crippen LogP contribution in [0.25, 0.3) is 0 Å². The van der Waals surface area contributed by atoms with E-state index in [1.54, 1.807) is 0 Å². The van der Waals surface area contributed by atoms with E-state index in [1.807, 2.05) is 11.8 Å². The number of hydrogen-bond acceptors (Lipinski definition) is 3. The second kappa shape index (κ2) is 5.63. The number of aliphatic carboxylic acids is 1. The van der Waals surface area contributed by atoms with Gasteiger partial charge in [-0.1, -0.05) is 6.07 Å². The third-order valence-corrected chi connectivity index (χ3v) is 3.35. The lowest BCUT2D eigenvalue weighted by Crippen LogP contribution is -2.46. The van der Waals surface area contributed by atoms with Gasteiger partial charge in [-0.15, -0.1) is 0 Å². The van der Waals surface area contributed by atoms with E-state index in [1.165, 1.54) is 6.07 Å². The molecule has 1 aliphatic heterocycles. The highest BCUT2D eigenvalue weighted by Crippen LogP contribution is 2.24. The van der Waals surface area contributed by atoms with E-state index in [4.69, 9.17) is 9.84 Å². The normalized spacial score (nSPS) is 22.2. The highest BCUT2D eigenvalue weighted by Gasteiger charge is 2.29. The zero-order chi connectivity index (χ0) is 14.0. The maximum Gasteiger partial charge on any atom is 0.334 e. The van der Waals surface area contributed by atoms with E-state index in [9.17, 15) is 13.6 Å². The van der Waals surface area contributed by atoms with Gasteiger partial charge in [0, 0.05) is 19.1 Å². The number of benzene rings is 1. The quantitative estimate of drug-likeness (QED) is 0.911. The Morgan fingerprint density at radius 2 is 2.21 bits per heavy atom. The SMILES string of the molecule is CC(c1ccc(F)c(F)c1)N1CCOC(C(=O)O)C1. The monoisotopic (exact) mass is 271 g/mol. The summed E-state index contributed by atoms with van der Waals surface area (Å²) >= 11 is 0. The molecule has 4 nitrogen and oxygen atoms in total. The summed E-state index contributed by atoms with van der Waals surface area (Å²) in [4.78, 5) is 12.8. The van der Waals surface area contributed by atoms with Crippen LogP contribution in [0.15, 0.2) is 18.2 Å². The number of hydrogen-bond donors (Lipinski definition) is 1. The van der Waals surface area contributed by atoms with Crippen molar-refractivity contribution in [3.63, 3.8) is 0 Å². The summed E-state index contributed by atoms with van der Waals surface area (Å²) in [5, 5.41) is 8.93. The Morgan fingerprint density at radius 1 is 1.47 bits per heavy atom. The largest absolute Gasteiger partial charge is 0.479 e. The van der Waals surface area contributed by atoms with Crippen LogP contribution in [0, 0.1) is 11.6 Å². The van der Waals surface area contributed by atoms with Crippen LogP contribution in [0.4, 0.5) is 8.78 Å². The van der Waals surface area contributed by atoms with Crippen molar-refractivity contribution in [3.8, 4) is 0 Å². The zero-order valence-corrected chi connectivity index (χ0v) is 10.5. The molecule has 1 heterocycles. The van der Waals surface area contributed by atoms with E-state index in [2.05, 4.69) is 0 Å². The summed E-state index contributed by atoms with van der Waals surface area (Å²) in [6.45, 7) is 2.93. The average molecular weight is 271 g/mol. The van der Waals surface area contributed by atoms with E-state index in [0.717, 1.165) is 12.1 Å². The minimum atomic E-state index is -1.01. The summed E-state index contributed by atoms with van der Waals surface area (Å²) in [5.41, 5.74) is 0.616. The molecule has 2 unspecified atom stereocenters. The van der Waals surface area contributed by atoms with Gasteiger partial charge in [-0.3, -0.25) is 4.90 Å². The van der Waals surface area contributed by atoms with Crippen LogP contribution >= 0.6 is 0 Å². The lowest BCUT2D eigenvalue weighted by Gasteiger charge is -2.35. The first kappa shape index (κ1) is 13.9. The standard InChI is InChI=1S/C13H15F2NO3/c1-8(9-2-3-10(14)11(15)6-9)16-4-5-19-12(7-16)13(17)18/h2-3,6,8,12H,4-5,7H2,1H3,(H,17,18). The predicted octanol–water partition coefficient (Wildman–Crippen LogP) is 1.81. The van der Waals surface area contributed by atoms with Crippen LogP contribution in [-0.4, -0.2) is 41.8 Å². The summed E-state index contributed by atoms with van der Waals surface area (Å²) in [7, 11) is 0. The molecular weight excluding hydrogens is 256 g/mol. The summed E-state index contributed by atoms with van der Waals surface area (Å²) in [6.07, 6.45) is -0.874. The van der Waals surface area contributed by atoms with Crippen molar-refractivity contribution in [2.75, 3.05) is 19.7 Å². The highest BCUT2D eigenvalue weighted by atomic mass is 19.2. The van der Waals surface area contributed by atoms with Gasteiger partial charge in [0.25, 0.3) is 0 Å². The molecule has 1 aliphatic rings. The molecule has 0 aromatic heterocycles. The van der Waals surface area contributed by atoms with Crippen molar-refractivity contribution >= 4 is 5.97 Å². The molecule has 0 radical (unpaired) electrons. The number of carboxylic acids is 1. The number of carboxylic acid groups (broad SMARTS) is 1. The fraction of sp³-hybridized carbons (Fsp3) is 0.462. The number of rotatable bonds is 3. The van der Waals surface area contributed by atoms with E-state index in [0.29, 0.717) is 18.7 Å². The van der Waals surface area contributed by atoms with Crippen molar-refractivity contribution < 1.29 is 23.4 Å². The summed E-state index contributed by atoms with van der Waals surface area (Å²) in [5.74, 6) is -2.80. The molecule has 0 aliphatic carbocycles.